The highest BCUT2D eigenvalue weighted by molar-refractivity contribution is 5.46. The van der Waals surface area contributed by atoms with Crippen LogP contribution in [0.15, 0.2) is 6.20 Å². The SMILES string of the molecule is CCc1cnc(N)nc1NCC(O)CN(C)C. The Morgan fingerprint density at radius 3 is 2.82 bits per heavy atom. The first-order chi connectivity index (χ1) is 8.02. The van der Waals surface area contributed by atoms with Gasteiger partial charge < -0.3 is 21.1 Å². The number of aryl methyl sites for hydroxylation is 1. The summed E-state index contributed by atoms with van der Waals surface area (Å²) in [6.07, 6.45) is 2.10. The predicted octanol–water partition coefficient (Wildman–Crippen LogP) is -0.0444. The Morgan fingerprint density at radius 2 is 2.24 bits per heavy atom. The van der Waals surface area contributed by atoms with Crippen molar-refractivity contribution in [3.8, 4) is 0 Å². The van der Waals surface area contributed by atoms with Crippen molar-refractivity contribution < 1.29 is 5.11 Å². The van der Waals surface area contributed by atoms with Crippen molar-refractivity contribution in [1.29, 1.82) is 0 Å². The van der Waals surface area contributed by atoms with Gasteiger partial charge in [0, 0.05) is 24.8 Å². The Morgan fingerprint density at radius 1 is 1.53 bits per heavy atom. The number of hydrogen-bond acceptors (Lipinski definition) is 6. The van der Waals surface area contributed by atoms with Crippen molar-refractivity contribution in [2.45, 2.75) is 19.4 Å². The van der Waals surface area contributed by atoms with Crippen LogP contribution >= 0.6 is 0 Å². The van der Waals surface area contributed by atoms with E-state index in [1.807, 2.05) is 25.9 Å². The van der Waals surface area contributed by atoms with Crippen molar-refractivity contribution in [2.24, 2.45) is 0 Å². The zero-order valence-electron chi connectivity index (χ0n) is 10.6. The molecular weight excluding hydrogens is 218 g/mol. The number of nitrogens with zero attached hydrogens (tertiary/aromatic N) is 3. The molecule has 17 heavy (non-hydrogen) atoms. The molecule has 6 heteroatoms. The molecule has 0 fully saturated rings. The number of aliphatic hydroxyl groups is 1. The topological polar surface area (TPSA) is 87.3 Å². The van der Waals surface area contributed by atoms with Crippen molar-refractivity contribution in [1.82, 2.24) is 14.9 Å². The fraction of sp³-hybridized carbons (Fsp3) is 0.636. The number of nitrogen functional groups attached to an aromatic ring is 1. The van der Waals surface area contributed by atoms with Crippen LogP contribution in [-0.4, -0.2) is 53.3 Å². The monoisotopic (exact) mass is 239 g/mol. The molecule has 0 aromatic carbocycles. The number of hydrogen-bond donors (Lipinski definition) is 3. The number of aliphatic hydroxyl groups excluding tert-OH is 1. The molecule has 0 bridgehead atoms. The predicted molar refractivity (Wildman–Crippen MR) is 68.9 cm³/mol. The lowest BCUT2D eigenvalue weighted by Crippen LogP contribution is -2.31. The normalized spacial score (nSPS) is 12.8. The molecule has 0 saturated heterocycles. The summed E-state index contributed by atoms with van der Waals surface area (Å²) < 4.78 is 0. The summed E-state index contributed by atoms with van der Waals surface area (Å²) in [5.41, 5.74) is 6.53. The van der Waals surface area contributed by atoms with E-state index in [-0.39, 0.29) is 5.95 Å². The molecule has 0 spiro atoms. The first-order valence-corrected chi connectivity index (χ1v) is 5.71. The minimum atomic E-state index is -0.439. The van der Waals surface area contributed by atoms with Gasteiger partial charge in [-0.05, 0) is 20.5 Å². The van der Waals surface area contributed by atoms with E-state index in [4.69, 9.17) is 5.73 Å². The lowest BCUT2D eigenvalue weighted by atomic mass is 10.2. The van der Waals surface area contributed by atoms with E-state index in [0.717, 1.165) is 12.0 Å². The fourth-order valence-electron chi connectivity index (χ4n) is 1.53. The van der Waals surface area contributed by atoms with Gasteiger partial charge in [-0.15, -0.1) is 0 Å². The second-order valence-corrected chi connectivity index (χ2v) is 4.25. The van der Waals surface area contributed by atoms with Crippen LogP contribution in [-0.2, 0) is 6.42 Å². The van der Waals surface area contributed by atoms with Crippen LogP contribution in [0.5, 0.6) is 0 Å². The molecule has 1 unspecified atom stereocenters. The molecule has 1 atom stereocenters. The lowest BCUT2D eigenvalue weighted by Gasteiger charge is -2.17. The van der Waals surface area contributed by atoms with Gasteiger partial charge in [-0.2, -0.15) is 4.98 Å². The van der Waals surface area contributed by atoms with Crippen molar-refractivity contribution >= 4 is 11.8 Å². The van der Waals surface area contributed by atoms with Gasteiger partial charge in [0.05, 0.1) is 6.10 Å². The third-order valence-corrected chi connectivity index (χ3v) is 2.35. The molecule has 0 amide bonds. The Labute approximate surface area is 102 Å². The first kappa shape index (κ1) is 13.7. The summed E-state index contributed by atoms with van der Waals surface area (Å²) in [6, 6.07) is 0. The van der Waals surface area contributed by atoms with Crippen LogP contribution in [0, 0.1) is 0 Å². The van der Waals surface area contributed by atoms with Gasteiger partial charge in [0.25, 0.3) is 0 Å². The number of likely N-dealkylation sites (N-methyl/N-ethyl adjacent to an activating group) is 1. The number of nitrogens with one attached hydrogen (secondary N) is 1. The van der Waals surface area contributed by atoms with Crippen LogP contribution in [0.25, 0.3) is 0 Å². The van der Waals surface area contributed by atoms with Crippen LogP contribution in [0.2, 0.25) is 0 Å². The van der Waals surface area contributed by atoms with E-state index in [9.17, 15) is 5.11 Å². The maximum absolute atomic E-state index is 9.73. The van der Waals surface area contributed by atoms with Gasteiger partial charge in [-0.3, -0.25) is 0 Å². The molecule has 1 rings (SSSR count). The summed E-state index contributed by atoms with van der Waals surface area (Å²) in [5, 5.41) is 12.8. The molecule has 0 aliphatic carbocycles. The molecule has 0 aliphatic rings. The molecule has 1 heterocycles. The Balaban J connectivity index is 2.58. The summed E-state index contributed by atoms with van der Waals surface area (Å²) in [7, 11) is 3.84. The maximum Gasteiger partial charge on any atom is 0.221 e. The average molecular weight is 239 g/mol. The first-order valence-electron chi connectivity index (χ1n) is 5.71. The van der Waals surface area contributed by atoms with Crippen molar-refractivity contribution in [3.63, 3.8) is 0 Å². The highest BCUT2D eigenvalue weighted by Crippen LogP contribution is 2.12. The highest BCUT2D eigenvalue weighted by Gasteiger charge is 2.08. The molecule has 6 nitrogen and oxygen atoms in total. The van der Waals surface area contributed by atoms with Gasteiger partial charge in [0.2, 0.25) is 5.95 Å². The summed E-state index contributed by atoms with van der Waals surface area (Å²) in [4.78, 5) is 10.00. The minimum absolute atomic E-state index is 0.242. The maximum atomic E-state index is 9.73. The molecule has 1 aromatic rings. The molecule has 4 N–H and O–H groups in total. The minimum Gasteiger partial charge on any atom is -0.390 e. The van der Waals surface area contributed by atoms with Crippen LogP contribution in [0.1, 0.15) is 12.5 Å². The van der Waals surface area contributed by atoms with E-state index in [1.165, 1.54) is 0 Å². The van der Waals surface area contributed by atoms with E-state index >= 15 is 0 Å². The Bertz CT molecular complexity index is 356. The smallest absolute Gasteiger partial charge is 0.221 e. The van der Waals surface area contributed by atoms with Gasteiger partial charge >= 0.3 is 0 Å². The zero-order chi connectivity index (χ0) is 12.8. The summed E-state index contributed by atoms with van der Waals surface area (Å²) >= 11 is 0. The largest absolute Gasteiger partial charge is 0.390 e. The van der Waals surface area contributed by atoms with Gasteiger partial charge in [-0.1, -0.05) is 6.92 Å². The van der Waals surface area contributed by atoms with E-state index < -0.39 is 6.10 Å². The molecule has 0 saturated carbocycles. The van der Waals surface area contributed by atoms with Gasteiger partial charge in [0.1, 0.15) is 5.82 Å². The quantitative estimate of drug-likeness (QED) is 0.645. The molecule has 0 radical (unpaired) electrons. The van der Waals surface area contributed by atoms with E-state index in [0.29, 0.717) is 18.9 Å². The zero-order valence-corrected chi connectivity index (χ0v) is 10.6. The number of anilines is 2. The average Bonchev–Trinajstić information content (AvgIpc) is 2.25. The summed E-state index contributed by atoms with van der Waals surface area (Å²) in [5.74, 6) is 0.949. The van der Waals surface area contributed by atoms with Crippen molar-refractivity contribution in [2.75, 3.05) is 38.2 Å². The molecule has 96 valence electrons. The second-order valence-electron chi connectivity index (χ2n) is 4.25. The fourth-order valence-corrected chi connectivity index (χ4v) is 1.53. The van der Waals surface area contributed by atoms with E-state index in [1.54, 1.807) is 6.20 Å². The van der Waals surface area contributed by atoms with Crippen LogP contribution in [0.4, 0.5) is 11.8 Å². The van der Waals surface area contributed by atoms with Gasteiger partial charge in [0.15, 0.2) is 0 Å². The summed E-state index contributed by atoms with van der Waals surface area (Å²) in [6.45, 7) is 3.08. The molecule has 1 aromatic heterocycles. The van der Waals surface area contributed by atoms with Crippen LogP contribution in [0.3, 0.4) is 0 Å². The third kappa shape index (κ3) is 4.54. The number of nitrogens with two attached hydrogens (primary N) is 1. The molecular formula is C11H21N5O. The Hall–Kier alpha value is -1.40. The number of aromatic nitrogens is 2. The van der Waals surface area contributed by atoms with E-state index in [2.05, 4.69) is 15.3 Å². The second kappa shape index (κ2) is 6.36. The number of rotatable bonds is 6. The standard InChI is InChI=1S/C11H21N5O/c1-4-8-5-14-11(12)15-10(8)13-6-9(17)7-16(2)3/h5,9,17H,4,6-7H2,1-3H3,(H3,12,13,14,15). The van der Waals surface area contributed by atoms with Crippen molar-refractivity contribution in [3.05, 3.63) is 11.8 Å². The highest BCUT2D eigenvalue weighted by atomic mass is 16.3. The molecule has 0 aliphatic heterocycles. The van der Waals surface area contributed by atoms with Gasteiger partial charge in [-0.25, -0.2) is 4.98 Å². The Kier molecular flexibility index (Phi) is 5.11. The van der Waals surface area contributed by atoms with Crippen LogP contribution < -0.4 is 11.1 Å². The lowest BCUT2D eigenvalue weighted by molar-refractivity contribution is 0.148. The third-order valence-electron chi connectivity index (χ3n) is 2.35.